The zero-order chi connectivity index (χ0) is 21.1. The van der Waals surface area contributed by atoms with E-state index in [1.54, 1.807) is 19.1 Å². The van der Waals surface area contributed by atoms with Crippen molar-refractivity contribution in [3.63, 3.8) is 0 Å². The summed E-state index contributed by atoms with van der Waals surface area (Å²) in [4.78, 5) is 36.9. The van der Waals surface area contributed by atoms with Gasteiger partial charge in [-0.05, 0) is 31.2 Å². The summed E-state index contributed by atoms with van der Waals surface area (Å²) >= 11 is 1.34. The number of imide groups is 1. The van der Waals surface area contributed by atoms with E-state index in [0.717, 1.165) is 4.90 Å². The highest BCUT2D eigenvalue weighted by molar-refractivity contribution is 7.99. The number of amides is 4. The Labute approximate surface area is 177 Å². The first kappa shape index (κ1) is 20.1. The molecule has 0 saturated carbocycles. The second-order valence-corrected chi connectivity index (χ2v) is 8.25. The molecule has 2 aromatic rings. The van der Waals surface area contributed by atoms with Gasteiger partial charge in [0.05, 0.1) is 12.1 Å². The molecule has 2 aliphatic heterocycles. The van der Waals surface area contributed by atoms with Crippen LogP contribution in [0, 0.1) is 0 Å². The first-order valence-corrected chi connectivity index (χ1v) is 10.5. The van der Waals surface area contributed by atoms with Gasteiger partial charge in [0.15, 0.2) is 11.5 Å². The van der Waals surface area contributed by atoms with E-state index in [-0.39, 0.29) is 17.9 Å². The van der Waals surface area contributed by atoms with Crippen LogP contribution in [0.4, 0.5) is 4.79 Å². The van der Waals surface area contributed by atoms with Crippen LogP contribution in [0.5, 0.6) is 11.5 Å². The van der Waals surface area contributed by atoms with Crippen molar-refractivity contribution in [1.82, 2.24) is 16.0 Å². The smallest absolute Gasteiger partial charge is 0.322 e. The lowest BCUT2D eigenvalue weighted by molar-refractivity contribution is -0.122. The average molecular weight is 427 g/mol. The number of urea groups is 1. The highest BCUT2D eigenvalue weighted by atomic mass is 32.2. The SMILES string of the molecule is C[C@]1(CSc2ccccc2C(=O)NC[C@@H]2COc3ccccc3O2)NC(=O)NC1=O. The molecule has 2 atom stereocenters. The van der Waals surface area contributed by atoms with Crippen molar-refractivity contribution in [3.05, 3.63) is 54.1 Å². The third-order valence-corrected chi connectivity index (χ3v) is 6.21. The van der Waals surface area contributed by atoms with Crippen LogP contribution in [0.2, 0.25) is 0 Å². The van der Waals surface area contributed by atoms with E-state index in [0.29, 0.717) is 36.0 Å². The number of para-hydroxylation sites is 2. The zero-order valence-corrected chi connectivity index (χ0v) is 17.1. The molecule has 4 rings (SSSR count). The van der Waals surface area contributed by atoms with Crippen LogP contribution in [0.25, 0.3) is 0 Å². The van der Waals surface area contributed by atoms with Crippen molar-refractivity contribution in [2.24, 2.45) is 0 Å². The van der Waals surface area contributed by atoms with Crippen LogP contribution < -0.4 is 25.4 Å². The summed E-state index contributed by atoms with van der Waals surface area (Å²) in [5.41, 5.74) is -0.528. The average Bonchev–Trinajstić information content (AvgIpc) is 3.02. The second kappa shape index (κ2) is 8.27. The van der Waals surface area contributed by atoms with Gasteiger partial charge in [0.25, 0.3) is 11.8 Å². The summed E-state index contributed by atoms with van der Waals surface area (Å²) in [6.45, 7) is 2.30. The normalized spacial score (nSPS) is 22.2. The molecule has 30 heavy (non-hydrogen) atoms. The lowest BCUT2D eigenvalue weighted by atomic mass is 10.1. The largest absolute Gasteiger partial charge is 0.486 e. The number of fused-ring (bicyclic) bond motifs is 1. The maximum atomic E-state index is 12.8. The Morgan fingerprint density at radius 1 is 1.17 bits per heavy atom. The van der Waals surface area contributed by atoms with E-state index in [2.05, 4.69) is 16.0 Å². The highest BCUT2D eigenvalue weighted by Crippen LogP contribution is 2.31. The molecule has 2 aromatic carbocycles. The number of hydrogen-bond acceptors (Lipinski definition) is 6. The van der Waals surface area contributed by atoms with Gasteiger partial charge in [-0.15, -0.1) is 11.8 Å². The van der Waals surface area contributed by atoms with Gasteiger partial charge in [0, 0.05) is 10.6 Å². The molecule has 4 amide bonds. The molecule has 0 aromatic heterocycles. The quantitative estimate of drug-likeness (QED) is 0.481. The van der Waals surface area contributed by atoms with Crippen LogP contribution >= 0.6 is 11.8 Å². The molecule has 1 fully saturated rings. The van der Waals surface area contributed by atoms with Gasteiger partial charge < -0.3 is 20.1 Å². The lowest BCUT2D eigenvalue weighted by Gasteiger charge is -2.26. The van der Waals surface area contributed by atoms with Gasteiger partial charge in [-0.2, -0.15) is 0 Å². The third kappa shape index (κ3) is 4.20. The number of carbonyl (C=O) groups is 3. The third-order valence-electron chi connectivity index (χ3n) is 4.82. The van der Waals surface area contributed by atoms with E-state index < -0.39 is 11.6 Å². The molecular weight excluding hydrogens is 406 g/mol. The fraction of sp³-hybridized carbons (Fsp3) is 0.286. The Morgan fingerprint density at radius 2 is 1.90 bits per heavy atom. The van der Waals surface area contributed by atoms with Crippen LogP contribution in [0.3, 0.4) is 0 Å². The van der Waals surface area contributed by atoms with E-state index >= 15 is 0 Å². The van der Waals surface area contributed by atoms with Gasteiger partial charge in [0.1, 0.15) is 18.2 Å². The van der Waals surface area contributed by atoms with Crippen molar-refractivity contribution in [2.45, 2.75) is 23.5 Å². The Balaban J connectivity index is 1.37. The van der Waals surface area contributed by atoms with Gasteiger partial charge >= 0.3 is 6.03 Å². The topological polar surface area (TPSA) is 106 Å². The summed E-state index contributed by atoms with van der Waals surface area (Å²) in [5.74, 6) is 1.02. The van der Waals surface area contributed by atoms with E-state index in [1.165, 1.54) is 11.8 Å². The molecule has 3 N–H and O–H groups in total. The van der Waals surface area contributed by atoms with Crippen LogP contribution in [0.15, 0.2) is 53.4 Å². The Kier molecular flexibility index (Phi) is 5.54. The molecule has 0 spiro atoms. The van der Waals surface area contributed by atoms with Crippen molar-refractivity contribution < 1.29 is 23.9 Å². The van der Waals surface area contributed by atoms with Gasteiger partial charge in [-0.3, -0.25) is 14.9 Å². The standard InChI is InChI=1S/C21H21N3O5S/c1-21(19(26)23-20(27)24-21)12-30-17-9-5-2-6-14(17)18(25)22-10-13-11-28-15-7-3-4-8-16(15)29-13/h2-9,13H,10-12H2,1H3,(H,22,25)(H2,23,24,26,27)/t13-,21-/m1/s1. The minimum atomic E-state index is -1.02. The van der Waals surface area contributed by atoms with Crippen LogP contribution in [-0.2, 0) is 4.79 Å². The van der Waals surface area contributed by atoms with Crippen molar-refractivity contribution in [1.29, 1.82) is 0 Å². The number of ether oxygens (including phenoxy) is 2. The molecule has 9 heteroatoms. The van der Waals surface area contributed by atoms with Gasteiger partial charge in [-0.25, -0.2) is 4.79 Å². The molecular formula is C21H21N3O5S. The highest BCUT2D eigenvalue weighted by Gasteiger charge is 2.42. The second-order valence-electron chi connectivity index (χ2n) is 7.23. The van der Waals surface area contributed by atoms with E-state index in [1.807, 2.05) is 36.4 Å². The number of carbonyl (C=O) groups excluding carboxylic acids is 3. The zero-order valence-electron chi connectivity index (χ0n) is 16.3. The van der Waals surface area contributed by atoms with Crippen LogP contribution in [-0.4, -0.2) is 48.4 Å². The summed E-state index contributed by atoms with van der Waals surface area (Å²) in [7, 11) is 0. The summed E-state index contributed by atoms with van der Waals surface area (Å²) in [5, 5.41) is 7.75. The fourth-order valence-electron chi connectivity index (χ4n) is 3.15. The number of thioether (sulfide) groups is 1. The molecule has 8 nitrogen and oxygen atoms in total. The summed E-state index contributed by atoms with van der Waals surface area (Å²) in [6.07, 6.45) is -0.292. The van der Waals surface area contributed by atoms with Gasteiger partial charge in [-0.1, -0.05) is 24.3 Å². The molecule has 2 heterocycles. The summed E-state index contributed by atoms with van der Waals surface area (Å²) in [6, 6.07) is 14.0. The van der Waals surface area contributed by atoms with Crippen molar-refractivity contribution in [2.75, 3.05) is 18.9 Å². The molecule has 1 saturated heterocycles. The number of rotatable bonds is 6. The molecule has 0 radical (unpaired) electrons. The summed E-state index contributed by atoms with van der Waals surface area (Å²) < 4.78 is 11.5. The number of nitrogens with one attached hydrogen (secondary N) is 3. The predicted molar refractivity (Wildman–Crippen MR) is 111 cm³/mol. The van der Waals surface area contributed by atoms with E-state index in [4.69, 9.17) is 9.47 Å². The maximum absolute atomic E-state index is 12.8. The van der Waals surface area contributed by atoms with Crippen LogP contribution in [0.1, 0.15) is 17.3 Å². The minimum absolute atomic E-state index is 0.245. The van der Waals surface area contributed by atoms with Crippen molar-refractivity contribution >= 4 is 29.6 Å². The molecule has 156 valence electrons. The van der Waals surface area contributed by atoms with Gasteiger partial charge in [0.2, 0.25) is 0 Å². The molecule has 0 bridgehead atoms. The Morgan fingerprint density at radius 3 is 2.67 bits per heavy atom. The monoisotopic (exact) mass is 427 g/mol. The lowest BCUT2D eigenvalue weighted by Crippen LogP contribution is -2.46. The number of benzene rings is 2. The van der Waals surface area contributed by atoms with E-state index in [9.17, 15) is 14.4 Å². The van der Waals surface area contributed by atoms with Crippen molar-refractivity contribution in [3.8, 4) is 11.5 Å². The predicted octanol–water partition coefficient (Wildman–Crippen LogP) is 1.95. The maximum Gasteiger partial charge on any atom is 0.322 e. The fourth-order valence-corrected chi connectivity index (χ4v) is 4.29. The Bertz CT molecular complexity index is 998. The molecule has 0 unspecified atom stereocenters. The minimum Gasteiger partial charge on any atom is -0.486 e. The first-order chi connectivity index (χ1) is 14.4. The molecule has 0 aliphatic carbocycles. The number of hydrogen-bond donors (Lipinski definition) is 3. The Hall–Kier alpha value is -3.20. The molecule has 2 aliphatic rings. The first-order valence-electron chi connectivity index (χ1n) is 9.47.